The summed E-state index contributed by atoms with van der Waals surface area (Å²) in [5.74, 6) is 0.218. The highest BCUT2D eigenvalue weighted by molar-refractivity contribution is 7.92. The number of thiocarbonyl (C=S) groups is 1. The van der Waals surface area contributed by atoms with Crippen molar-refractivity contribution in [1.29, 1.82) is 0 Å². The molecule has 0 saturated heterocycles. The number of nitrogens with one attached hydrogen (secondary N) is 3. The molecule has 156 valence electrons. The molecular formula is C18H23N5O4S2. The SMILES string of the molecule is COc1cc(NS(=O)(=O)c2ccc(NC(=S)NC3CCCC3)cc2)nc(OC)n1. The molecule has 3 rings (SSSR count). The molecule has 1 aromatic heterocycles. The predicted octanol–water partition coefficient (Wildman–Crippen LogP) is 2.52. The third kappa shape index (κ3) is 5.67. The molecule has 1 aromatic carbocycles. The number of sulfonamides is 1. The fraction of sp³-hybridized carbons (Fsp3) is 0.389. The minimum atomic E-state index is -3.85. The van der Waals surface area contributed by atoms with E-state index in [2.05, 4.69) is 25.3 Å². The van der Waals surface area contributed by atoms with Crippen LogP contribution in [0.2, 0.25) is 0 Å². The molecule has 0 unspecified atom stereocenters. The van der Waals surface area contributed by atoms with Crippen LogP contribution in [0.3, 0.4) is 0 Å². The molecule has 11 heteroatoms. The Morgan fingerprint density at radius 1 is 1.10 bits per heavy atom. The van der Waals surface area contributed by atoms with Crippen molar-refractivity contribution in [3.05, 3.63) is 30.3 Å². The fourth-order valence-electron chi connectivity index (χ4n) is 2.99. The number of nitrogens with zero attached hydrogens (tertiary/aromatic N) is 2. The number of hydrogen-bond donors (Lipinski definition) is 3. The van der Waals surface area contributed by atoms with Crippen LogP contribution in [-0.4, -0.2) is 43.8 Å². The second-order valence-corrected chi connectivity index (χ2v) is 8.58. The van der Waals surface area contributed by atoms with Gasteiger partial charge < -0.3 is 20.1 Å². The van der Waals surface area contributed by atoms with Gasteiger partial charge in [0.15, 0.2) is 10.9 Å². The Balaban J connectivity index is 1.67. The van der Waals surface area contributed by atoms with Crippen LogP contribution in [-0.2, 0) is 10.0 Å². The minimum absolute atomic E-state index is 0.00938. The highest BCUT2D eigenvalue weighted by atomic mass is 32.2. The van der Waals surface area contributed by atoms with Gasteiger partial charge in [-0.25, -0.2) is 8.42 Å². The minimum Gasteiger partial charge on any atom is -0.481 e. The molecule has 29 heavy (non-hydrogen) atoms. The molecule has 1 aliphatic carbocycles. The number of ether oxygens (including phenoxy) is 2. The zero-order chi connectivity index (χ0) is 20.9. The summed E-state index contributed by atoms with van der Waals surface area (Å²) in [6.07, 6.45) is 4.65. The first kappa shape index (κ1) is 21.1. The van der Waals surface area contributed by atoms with Crippen LogP contribution in [0.5, 0.6) is 11.9 Å². The van der Waals surface area contributed by atoms with E-state index in [1.165, 1.54) is 45.3 Å². The Hall–Kier alpha value is -2.66. The number of benzene rings is 1. The monoisotopic (exact) mass is 437 g/mol. The Morgan fingerprint density at radius 3 is 2.41 bits per heavy atom. The molecule has 1 aliphatic rings. The van der Waals surface area contributed by atoms with Crippen molar-refractivity contribution >= 4 is 38.9 Å². The van der Waals surface area contributed by atoms with Crippen LogP contribution < -0.4 is 24.8 Å². The van der Waals surface area contributed by atoms with Crippen LogP contribution in [0.1, 0.15) is 25.7 Å². The van der Waals surface area contributed by atoms with Gasteiger partial charge in [0.05, 0.1) is 19.1 Å². The van der Waals surface area contributed by atoms with Gasteiger partial charge in [-0.15, -0.1) is 0 Å². The number of anilines is 2. The number of hydrogen-bond acceptors (Lipinski definition) is 7. The number of rotatable bonds is 7. The van der Waals surface area contributed by atoms with Crippen LogP contribution in [0.15, 0.2) is 35.2 Å². The van der Waals surface area contributed by atoms with Gasteiger partial charge in [-0.1, -0.05) is 12.8 Å². The fourth-order valence-corrected chi connectivity index (χ4v) is 4.27. The maximum atomic E-state index is 12.7. The van der Waals surface area contributed by atoms with E-state index in [0.717, 1.165) is 12.8 Å². The van der Waals surface area contributed by atoms with E-state index >= 15 is 0 Å². The highest BCUT2D eigenvalue weighted by Gasteiger charge is 2.18. The first-order valence-corrected chi connectivity index (χ1v) is 11.0. The third-order valence-electron chi connectivity index (χ3n) is 4.43. The molecule has 1 heterocycles. The van der Waals surface area contributed by atoms with Gasteiger partial charge >= 0.3 is 6.01 Å². The van der Waals surface area contributed by atoms with Crippen molar-refractivity contribution in [2.75, 3.05) is 24.3 Å². The van der Waals surface area contributed by atoms with Crippen LogP contribution in [0.4, 0.5) is 11.5 Å². The zero-order valence-corrected chi connectivity index (χ0v) is 17.8. The summed E-state index contributed by atoms with van der Waals surface area (Å²) in [4.78, 5) is 7.98. The van der Waals surface area contributed by atoms with E-state index < -0.39 is 10.0 Å². The van der Waals surface area contributed by atoms with E-state index in [9.17, 15) is 8.42 Å². The Kier molecular flexibility index (Phi) is 6.70. The molecule has 1 saturated carbocycles. The molecule has 0 aliphatic heterocycles. The van der Waals surface area contributed by atoms with Crippen LogP contribution in [0.25, 0.3) is 0 Å². The van der Waals surface area contributed by atoms with Crippen LogP contribution >= 0.6 is 12.2 Å². The molecule has 0 amide bonds. The summed E-state index contributed by atoms with van der Waals surface area (Å²) >= 11 is 5.32. The molecule has 0 atom stereocenters. The van der Waals surface area contributed by atoms with Crippen molar-refractivity contribution in [1.82, 2.24) is 15.3 Å². The summed E-state index contributed by atoms with van der Waals surface area (Å²) in [7, 11) is -1.06. The van der Waals surface area contributed by atoms with Gasteiger partial charge in [0, 0.05) is 17.8 Å². The summed E-state index contributed by atoms with van der Waals surface area (Å²) in [6.45, 7) is 0. The van der Waals surface area contributed by atoms with Crippen molar-refractivity contribution in [2.45, 2.75) is 36.6 Å². The highest BCUT2D eigenvalue weighted by Crippen LogP contribution is 2.22. The second kappa shape index (κ2) is 9.23. The van der Waals surface area contributed by atoms with E-state index in [0.29, 0.717) is 16.8 Å². The van der Waals surface area contributed by atoms with E-state index in [1.54, 1.807) is 12.1 Å². The van der Waals surface area contributed by atoms with Crippen molar-refractivity contribution < 1.29 is 17.9 Å². The molecule has 9 nitrogen and oxygen atoms in total. The molecular weight excluding hydrogens is 414 g/mol. The summed E-state index contributed by atoms with van der Waals surface area (Å²) in [6, 6.07) is 8.03. The van der Waals surface area contributed by atoms with Gasteiger partial charge in [-0.2, -0.15) is 9.97 Å². The third-order valence-corrected chi connectivity index (χ3v) is 6.02. The first-order chi connectivity index (χ1) is 13.9. The van der Waals surface area contributed by atoms with Crippen molar-refractivity contribution in [2.24, 2.45) is 0 Å². The second-order valence-electron chi connectivity index (χ2n) is 6.49. The largest absolute Gasteiger partial charge is 0.481 e. The van der Waals surface area contributed by atoms with Gasteiger partial charge in [0.2, 0.25) is 5.88 Å². The quantitative estimate of drug-likeness (QED) is 0.562. The molecule has 2 aromatic rings. The lowest BCUT2D eigenvalue weighted by atomic mass is 10.2. The van der Waals surface area contributed by atoms with E-state index in [4.69, 9.17) is 21.7 Å². The molecule has 1 fully saturated rings. The Bertz CT molecular complexity index is 938. The standard InChI is InChI=1S/C18H23N5O4S2/c1-26-16-11-15(21-17(22-16)27-2)23-29(24,25)14-9-7-13(8-10-14)20-18(28)19-12-5-3-4-6-12/h7-12H,3-6H2,1-2H3,(H2,19,20,28)(H,21,22,23). The van der Waals surface area contributed by atoms with Gasteiger partial charge in [0.1, 0.15) is 0 Å². The smallest absolute Gasteiger partial charge is 0.321 e. The van der Waals surface area contributed by atoms with E-state index in [-0.39, 0.29) is 22.6 Å². The maximum Gasteiger partial charge on any atom is 0.321 e. The number of methoxy groups -OCH3 is 2. The Morgan fingerprint density at radius 2 is 1.79 bits per heavy atom. The van der Waals surface area contributed by atoms with E-state index in [1.807, 2.05) is 0 Å². The average molecular weight is 438 g/mol. The maximum absolute atomic E-state index is 12.7. The van der Waals surface area contributed by atoms with Crippen molar-refractivity contribution in [3.8, 4) is 11.9 Å². The molecule has 0 bridgehead atoms. The zero-order valence-electron chi connectivity index (χ0n) is 16.1. The average Bonchev–Trinajstić information content (AvgIpc) is 3.20. The van der Waals surface area contributed by atoms with Gasteiger partial charge in [-0.05, 0) is 49.3 Å². The molecule has 3 N–H and O–H groups in total. The normalized spacial score (nSPS) is 14.3. The summed E-state index contributed by atoms with van der Waals surface area (Å²) < 4.78 is 37.7. The lowest BCUT2D eigenvalue weighted by Crippen LogP contribution is -2.35. The first-order valence-electron chi connectivity index (χ1n) is 9.07. The van der Waals surface area contributed by atoms with Gasteiger partial charge in [-0.3, -0.25) is 4.72 Å². The number of aromatic nitrogens is 2. The van der Waals surface area contributed by atoms with Crippen molar-refractivity contribution in [3.63, 3.8) is 0 Å². The predicted molar refractivity (Wildman–Crippen MR) is 114 cm³/mol. The molecule has 0 radical (unpaired) electrons. The van der Waals surface area contributed by atoms with Gasteiger partial charge in [0.25, 0.3) is 10.0 Å². The van der Waals surface area contributed by atoms with Crippen LogP contribution in [0, 0.1) is 0 Å². The molecule has 0 spiro atoms. The summed E-state index contributed by atoms with van der Waals surface area (Å²) in [5.41, 5.74) is 0.699. The summed E-state index contributed by atoms with van der Waals surface area (Å²) in [5, 5.41) is 6.89. The Labute approximate surface area is 175 Å². The lowest BCUT2D eigenvalue weighted by Gasteiger charge is -2.16. The lowest BCUT2D eigenvalue weighted by molar-refractivity contribution is 0.353. The topological polar surface area (TPSA) is 114 Å².